The maximum absolute atomic E-state index is 6.37. The normalized spacial score (nSPS) is 12.4. The molecule has 2 rings (SSSR count). The first-order valence-electron chi connectivity index (χ1n) is 7.25. The lowest BCUT2D eigenvalue weighted by atomic mass is 9.97. The molecule has 3 heteroatoms. The molecule has 2 aromatic carbocycles. The van der Waals surface area contributed by atoms with Gasteiger partial charge in [0.2, 0.25) is 0 Å². The van der Waals surface area contributed by atoms with Gasteiger partial charge in [0.25, 0.3) is 0 Å². The molecule has 0 heterocycles. The molecule has 21 heavy (non-hydrogen) atoms. The van der Waals surface area contributed by atoms with Crippen molar-refractivity contribution in [2.75, 3.05) is 6.54 Å². The number of nitrogens with one attached hydrogen (secondary N) is 1. The Kier molecular flexibility index (Phi) is 5.69. The van der Waals surface area contributed by atoms with Crippen molar-refractivity contribution in [1.29, 1.82) is 0 Å². The molecule has 0 fully saturated rings. The SMILES string of the molecule is CCNC(Cc1ccc(C)cc1Cl)c1cc(C)cc(Cl)c1. The summed E-state index contributed by atoms with van der Waals surface area (Å²) < 4.78 is 0. The van der Waals surface area contributed by atoms with E-state index in [1.165, 1.54) is 16.7 Å². The monoisotopic (exact) mass is 321 g/mol. The van der Waals surface area contributed by atoms with Gasteiger partial charge in [-0.3, -0.25) is 0 Å². The predicted octanol–water partition coefficient (Wildman–Crippen LogP) is 5.50. The van der Waals surface area contributed by atoms with E-state index in [-0.39, 0.29) is 6.04 Å². The fourth-order valence-corrected chi connectivity index (χ4v) is 3.17. The summed E-state index contributed by atoms with van der Waals surface area (Å²) in [5, 5.41) is 5.14. The fraction of sp³-hybridized carbons (Fsp3) is 0.333. The molecule has 1 unspecified atom stereocenters. The minimum Gasteiger partial charge on any atom is -0.310 e. The summed E-state index contributed by atoms with van der Waals surface area (Å²) >= 11 is 12.6. The van der Waals surface area contributed by atoms with E-state index in [4.69, 9.17) is 23.2 Å². The molecule has 112 valence electrons. The van der Waals surface area contributed by atoms with Crippen molar-refractivity contribution >= 4 is 23.2 Å². The highest BCUT2D eigenvalue weighted by atomic mass is 35.5. The Morgan fingerprint density at radius 1 is 1.00 bits per heavy atom. The number of likely N-dealkylation sites (N-methyl/N-ethyl adjacent to an activating group) is 1. The number of halogens is 2. The Bertz CT molecular complexity index is 602. The van der Waals surface area contributed by atoms with E-state index in [2.05, 4.69) is 44.3 Å². The van der Waals surface area contributed by atoms with Crippen LogP contribution in [-0.4, -0.2) is 6.54 Å². The Hall–Kier alpha value is -1.02. The second-order valence-corrected chi connectivity index (χ2v) is 6.31. The molecule has 0 amide bonds. The summed E-state index contributed by atoms with van der Waals surface area (Å²) in [6, 6.07) is 12.6. The van der Waals surface area contributed by atoms with Crippen molar-refractivity contribution in [2.45, 2.75) is 33.2 Å². The molecule has 0 spiro atoms. The van der Waals surface area contributed by atoms with Crippen molar-refractivity contribution in [3.63, 3.8) is 0 Å². The molecule has 0 saturated carbocycles. The van der Waals surface area contributed by atoms with Crippen molar-refractivity contribution in [3.8, 4) is 0 Å². The zero-order chi connectivity index (χ0) is 15.4. The van der Waals surface area contributed by atoms with Gasteiger partial charge in [0.05, 0.1) is 0 Å². The highest BCUT2D eigenvalue weighted by Gasteiger charge is 2.14. The first kappa shape index (κ1) is 16.4. The van der Waals surface area contributed by atoms with Gasteiger partial charge in [0, 0.05) is 16.1 Å². The zero-order valence-corrected chi connectivity index (χ0v) is 14.2. The van der Waals surface area contributed by atoms with Gasteiger partial charge >= 0.3 is 0 Å². The third kappa shape index (κ3) is 4.47. The Balaban J connectivity index is 2.30. The Morgan fingerprint density at radius 3 is 2.38 bits per heavy atom. The summed E-state index contributed by atoms with van der Waals surface area (Å²) in [5.41, 5.74) is 4.72. The quantitative estimate of drug-likeness (QED) is 0.766. The molecular formula is C18H21Cl2N. The second-order valence-electron chi connectivity index (χ2n) is 5.47. The lowest BCUT2D eigenvalue weighted by Gasteiger charge is -2.20. The van der Waals surface area contributed by atoms with Crippen LogP contribution >= 0.6 is 23.2 Å². The van der Waals surface area contributed by atoms with Crippen LogP contribution in [0.25, 0.3) is 0 Å². The lowest BCUT2D eigenvalue weighted by Crippen LogP contribution is -2.23. The molecule has 0 aliphatic heterocycles. The lowest BCUT2D eigenvalue weighted by molar-refractivity contribution is 0.549. The van der Waals surface area contributed by atoms with Crippen LogP contribution in [0.3, 0.4) is 0 Å². The average Bonchev–Trinajstić information content (AvgIpc) is 2.40. The standard InChI is InChI=1S/C18H21Cl2N/c1-4-21-18(15-7-13(3)8-16(19)10-15)11-14-6-5-12(2)9-17(14)20/h5-10,18,21H,4,11H2,1-3H3. The van der Waals surface area contributed by atoms with Crippen molar-refractivity contribution in [1.82, 2.24) is 5.32 Å². The molecule has 1 atom stereocenters. The molecule has 2 aromatic rings. The van der Waals surface area contributed by atoms with E-state index in [9.17, 15) is 0 Å². The number of hydrogen-bond acceptors (Lipinski definition) is 1. The summed E-state index contributed by atoms with van der Waals surface area (Å²) in [5.74, 6) is 0. The number of benzene rings is 2. The second kappa shape index (κ2) is 7.31. The highest BCUT2D eigenvalue weighted by Crippen LogP contribution is 2.27. The van der Waals surface area contributed by atoms with Gasteiger partial charge in [0.1, 0.15) is 0 Å². The minimum atomic E-state index is 0.215. The van der Waals surface area contributed by atoms with E-state index in [0.717, 1.165) is 28.6 Å². The minimum absolute atomic E-state index is 0.215. The molecule has 0 bridgehead atoms. The van der Waals surface area contributed by atoms with Gasteiger partial charge in [-0.2, -0.15) is 0 Å². The first-order valence-corrected chi connectivity index (χ1v) is 8.00. The van der Waals surface area contributed by atoms with E-state index in [1.54, 1.807) is 0 Å². The van der Waals surface area contributed by atoms with Crippen LogP contribution in [0.2, 0.25) is 10.0 Å². The smallest absolute Gasteiger partial charge is 0.0441 e. The van der Waals surface area contributed by atoms with Gasteiger partial charge < -0.3 is 5.32 Å². The molecule has 0 aromatic heterocycles. The zero-order valence-electron chi connectivity index (χ0n) is 12.7. The van der Waals surface area contributed by atoms with Gasteiger partial charge in [-0.15, -0.1) is 0 Å². The summed E-state index contributed by atoms with van der Waals surface area (Å²) in [4.78, 5) is 0. The van der Waals surface area contributed by atoms with Crippen LogP contribution in [0, 0.1) is 13.8 Å². The topological polar surface area (TPSA) is 12.0 Å². The van der Waals surface area contributed by atoms with Crippen molar-refractivity contribution in [2.24, 2.45) is 0 Å². The van der Waals surface area contributed by atoms with Crippen LogP contribution in [0.5, 0.6) is 0 Å². The number of hydrogen-bond donors (Lipinski definition) is 1. The molecule has 1 N–H and O–H groups in total. The maximum Gasteiger partial charge on any atom is 0.0441 e. The van der Waals surface area contributed by atoms with Crippen LogP contribution in [-0.2, 0) is 6.42 Å². The molecule has 0 aliphatic rings. The van der Waals surface area contributed by atoms with E-state index < -0.39 is 0 Å². The highest BCUT2D eigenvalue weighted by molar-refractivity contribution is 6.31. The third-order valence-electron chi connectivity index (χ3n) is 3.55. The molecule has 1 nitrogen and oxygen atoms in total. The van der Waals surface area contributed by atoms with Crippen LogP contribution in [0.15, 0.2) is 36.4 Å². The first-order chi connectivity index (χ1) is 9.99. The summed E-state index contributed by atoms with van der Waals surface area (Å²) in [6.07, 6.45) is 0.854. The van der Waals surface area contributed by atoms with Crippen LogP contribution < -0.4 is 5.32 Å². The summed E-state index contributed by atoms with van der Waals surface area (Å²) in [6.45, 7) is 7.13. The third-order valence-corrected chi connectivity index (χ3v) is 4.12. The van der Waals surface area contributed by atoms with Crippen LogP contribution in [0.4, 0.5) is 0 Å². The fourth-order valence-electron chi connectivity index (χ4n) is 2.56. The van der Waals surface area contributed by atoms with E-state index in [0.29, 0.717) is 0 Å². The van der Waals surface area contributed by atoms with Gasteiger partial charge in [-0.1, -0.05) is 48.3 Å². The maximum atomic E-state index is 6.37. The Labute approximate surface area is 137 Å². The van der Waals surface area contributed by atoms with Crippen molar-refractivity contribution in [3.05, 3.63) is 68.7 Å². The predicted molar refractivity (Wildman–Crippen MR) is 92.5 cm³/mol. The van der Waals surface area contributed by atoms with E-state index in [1.807, 2.05) is 18.2 Å². The molecule has 0 radical (unpaired) electrons. The largest absolute Gasteiger partial charge is 0.310 e. The van der Waals surface area contributed by atoms with Gasteiger partial charge in [0.15, 0.2) is 0 Å². The average molecular weight is 322 g/mol. The number of aryl methyl sites for hydroxylation is 2. The van der Waals surface area contributed by atoms with Crippen LogP contribution in [0.1, 0.15) is 35.2 Å². The van der Waals surface area contributed by atoms with Gasteiger partial charge in [-0.05, 0) is 67.3 Å². The molecular weight excluding hydrogens is 301 g/mol. The van der Waals surface area contributed by atoms with E-state index >= 15 is 0 Å². The van der Waals surface area contributed by atoms with Crippen molar-refractivity contribution < 1.29 is 0 Å². The Morgan fingerprint density at radius 2 is 1.76 bits per heavy atom. The molecule has 0 aliphatic carbocycles. The van der Waals surface area contributed by atoms with Gasteiger partial charge in [-0.25, -0.2) is 0 Å². The number of rotatable bonds is 5. The molecule has 0 saturated heterocycles. The summed E-state index contributed by atoms with van der Waals surface area (Å²) in [7, 11) is 0.